The lowest BCUT2D eigenvalue weighted by molar-refractivity contribution is 0.589. The SMILES string of the molecule is CCCCCCCCCc1cnc(-c2ccc(CCCCCC)cc2S)nc1. The number of hydrogen-bond acceptors (Lipinski definition) is 3. The van der Waals surface area contributed by atoms with Gasteiger partial charge < -0.3 is 0 Å². The average Bonchev–Trinajstić information content (AvgIpc) is 2.71. The van der Waals surface area contributed by atoms with Crippen molar-refractivity contribution in [2.24, 2.45) is 0 Å². The summed E-state index contributed by atoms with van der Waals surface area (Å²) in [5.74, 6) is 0.783. The standard InChI is InChI=1S/C25H38N2S/c1-3-5-7-9-10-11-13-15-22-19-26-25(27-20-22)23-17-16-21(18-24(23)28)14-12-8-6-4-2/h16-20,28H,3-15H2,1-2H3. The van der Waals surface area contributed by atoms with Crippen LogP contribution >= 0.6 is 12.6 Å². The van der Waals surface area contributed by atoms with Gasteiger partial charge in [-0.15, -0.1) is 12.6 Å². The molecule has 0 amide bonds. The molecular formula is C25H38N2S. The van der Waals surface area contributed by atoms with E-state index in [2.05, 4.69) is 42.0 Å². The molecule has 0 unspecified atom stereocenters. The van der Waals surface area contributed by atoms with E-state index < -0.39 is 0 Å². The summed E-state index contributed by atoms with van der Waals surface area (Å²) < 4.78 is 0. The van der Waals surface area contributed by atoms with E-state index in [1.165, 1.54) is 81.8 Å². The van der Waals surface area contributed by atoms with Crippen molar-refractivity contribution < 1.29 is 0 Å². The second kappa shape index (κ2) is 13.8. The molecular weight excluding hydrogens is 360 g/mol. The van der Waals surface area contributed by atoms with Crippen LogP contribution in [0.1, 0.15) is 95.6 Å². The number of aromatic nitrogens is 2. The lowest BCUT2D eigenvalue weighted by atomic mass is 10.0. The van der Waals surface area contributed by atoms with E-state index in [0.29, 0.717) is 0 Å². The molecule has 0 spiro atoms. The van der Waals surface area contributed by atoms with Crippen LogP contribution in [0.15, 0.2) is 35.5 Å². The first kappa shape index (κ1) is 22.9. The first-order valence-corrected chi connectivity index (χ1v) is 11.8. The van der Waals surface area contributed by atoms with Gasteiger partial charge in [0.05, 0.1) is 0 Å². The zero-order chi connectivity index (χ0) is 20.0. The van der Waals surface area contributed by atoms with Gasteiger partial charge in [0, 0.05) is 22.9 Å². The Morgan fingerprint density at radius 3 is 1.82 bits per heavy atom. The first-order valence-electron chi connectivity index (χ1n) is 11.4. The number of rotatable bonds is 14. The minimum atomic E-state index is 0.783. The fourth-order valence-corrected chi connectivity index (χ4v) is 3.93. The van der Waals surface area contributed by atoms with Crippen LogP contribution in [0.25, 0.3) is 11.4 Å². The number of nitrogens with zero attached hydrogens (tertiary/aromatic N) is 2. The van der Waals surface area contributed by atoms with E-state index in [9.17, 15) is 0 Å². The van der Waals surface area contributed by atoms with Gasteiger partial charge in [-0.3, -0.25) is 0 Å². The van der Waals surface area contributed by atoms with Gasteiger partial charge >= 0.3 is 0 Å². The smallest absolute Gasteiger partial charge is 0.160 e. The molecule has 28 heavy (non-hydrogen) atoms. The number of thiol groups is 1. The van der Waals surface area contributed by atoms with Gasteiger partial charge in [-0.1, -0.05) is 77.7 Å². The van der Waals surface area contributed by atoms with Crippen molar-refractivity contribution in [3.8, 4) is 11.4 Å². The van der Waals surface area contributed by atoms with Crippen LogP contribution in [-0.2, 0) is 12.8 Å². The van der Waals surface area contributed by atoms with Crippen LogP contribution < -0.4 is 0 Å². The molecule has 1 heterocycles. The second-order valence-corrected chi connectivity index (χ2v) is 8.43. The molecule has 0 bridgehead atoms. The third kappa shape index (κ3) is 8.34. The quantitative estimate of drug-likeness (QED) is 0.259. The van der Waals surface area contributed by atoms with Crippen LogP contribution in [0, 0.1) is 0 Å². The van der Waals surface area contributed by atoms with E-state index in [-0.39, 0.29) is 0 Å². The predicted molar refractivity (Wildman–Crippen MR) is 124 cm³/mol. The lowest BCUT2D eigenvalue weighted by Gasteiger charge is -2.08. The number of hydrogen-bond donors (Lipinski definition) is 1. The average molecular weight is 399 g/mol. The Kier molecular flexibility index (Phi) is 11.3. The molecule has 0 N–H and O–H groups in total. The molecule has 2 rings (SSSR count). The lowest BCUT2D eigenvalue weighted by Crippen LogP contribution is -1.95. The maximum atomic E-state index is 4.69. The highest BCUT2D eigenvalue weighted by Crippen LogP contribution is 2.25. The van der Waals surface area contributed by atoms with Crippen molar-refractivity contribution in [1.29, 1.82) is 0 Å². The first-order chi connectivity index (χ1) is 13.7. The maximum absolute atomic E-state index is 4.69. The fraction of sp³-hybridized carbons (Fsp3) is 0.600. The Morgan fingerprint density at radius 2 is 1.21 bits per heavy atom. The summed E-state index contributed by atoms with van der Waals surface area (Å²) in [5, 5.41) is 0. The van der Waals surface area contributed by atoms with E-state index in [4.69, 9.17) is 12.6 Å². The van der Waals surface area contributed by atoms with Gasteiger partial charge in [0.2, 0.25) is 0 Å². The summed E-state index contributed by atoms with van der Waals surface area (Å²) >= 11 is 4.69. The van der Waals surface area contributed by atoms with Crippen molar-refractivity contribution in [1.82, 2.24) is 9.97 Å². The molecule has 2 aromatic rings. The van der Waals surface area contributed by atoms with Crippen molar-refractivity contribution >= 4 is 12.6 Å². The topological polar surface area (TPSA) is 25.8 Å². The van der Waals surface area contributed by atoms with Crippen molar-refractivity contribution in [2.75, 3.05) is 0 Å². The molecule has 2 nitrogen and oxygen atoms in total. The van der Waals surface area contributed by atoms with E-state index in [1.54, 1.807) is 0 Å². The molecule has 0 radical (unpaired) electrons. The molecule has 0 atom stereocenters. The van der Waals surface area contributed by atoms with Crippen LogP contribution in [0.3, 0.4) is 0 Å². The summed E-state index contributed by atoms with van der Waals surface area (Å²) in [6.45, 7) is 4.52. The van der Waals surface area contributed by atoms with Crippen LogP contribution in [0.2, 0.25) is 0 Å². The summed E-state index contributed by atoms with van der Waals surface area (Å²) in [6.07, 6.45) is 20.7. The highest BCUT2D eigenvalue weighted by molar-refractivity contribution is 7.80. The second-order valence-electron chi connectivity index (χ2n) is 7.95. The maximum Gasteiger partial charge on any atom is 0.160 e. The van der Waals surface area contributed by atoms with Crippen LogP contribution in [0.4, 0.5) is 0 Å². The fourth-order valence-electron chi connectivity index (χ4n) is 3.59. The summed E-state index contributed by atoms with van der Waals surface area (Å²) in [5.41, 5.74) is 3.63. The molecule has 0 saturated carbocycles. The van der Waals surface area contributed by atoms with Gasteiger partial charge in [0.25, 0.3) is 0 Å². The Hall–Kier alpha value is -1.35. The highest BCUT2D eigenvalue weighted by atomic mass is 32.1. The molecule has 3 heteroatoms. The van der Waals surface area contributed by atoms with Crippen molar-refractivity contribution in [3.63, 3.8) is 0 Å². The Morgan fingerprint density at radius 1 is 0.679 bits per heavy atom. The van der Waals surface area contributed by atoms with Gasteiger partial charge in [-0.25, -0.2) is 9.97 Å². The molecule has 0 aliphatic heterocycles. The summed E-state index contributed by atoms with van der Waals surface area (Å²) in [6, 6.07) is 6.51. The van der Waals surface area contributed by atoms with Gasteiger partial charge in [-0.05, 0) is 48.9 Å². The molecule has 0 fully saturated rings. The normalized spacial score (nSPS) is 11.1. The minimum absolute atomic E-state index is 0.783. The Bertz CT molecular complexity index is 667. The summed E-state index contributed by atoms with van der Waals surface area (Å²) in [7, 11) is 0. The molecule has 154 valence electrons. The van der Waals surface area contributed by atoms with Gasteiger partial charge in [0.15, 0.2) is 5.82 Å². The van der Waals surface area contributed by atoms with Crippen LogP contribution in [0.5, 0.6) is 0 Å². The van der Waals surface area contributed by atoms with Crippen LogP contribution in [-0.4, -0.2) is 9.97 Å². The molecule has 1 aromatic heterocycles. The number of unbranched alkanes of at least 4 members (excludes halogenated alkanes) is 9. The number of benzene rings is 1. The number of aryl methyl sites for hydroxylation is 2. The third-order valence-electron chi connectivity index (χ3n) is 5.40. The predicted octanol–water partition coefficient (Wildman–Crippen LogP) is 7.85. The monoisotopic (exact) mass is 398 g/mol. The zero-order valence-corrected chi connectivity index (χ0v) is 18.8. The van der Waals surface area contributed by atoms with Crippen molar-refractivity contribution in [3.05, 3.63) is 41.7 Å². The zero-order valence-electron chi connectivity index (χ0n) is 17.9. The highest BCUT2D eigenvalue weighted by Gasteiger charge is 2.07. The van der Waals surface area contributed by atoms with E-state index in [0.717, 1.165) is 29.1 Å². The molecule has 0 aliphatic rings. The van der Waals surface area contributed by atoms with E-state index in [1.807, 2.05) is 12.4 Å². The molecule has 1 aromatic carbocycles. The molecule has 0 aliphatic carbocycles. The largest absolute Gasteiger partial charge is 0.236 e. The minimum Gasteiger partial charge on any atom is -0.236 e. The Balaban J connectivity index is 1.80. The summed E-state index contributed by atoms with van der Waals surface area (Å²) in [4.78, 5) is 10.2. The third-order valence-corrected chi connectivity index (χ3v) is 5.77. The Labute approximate surface area is 178 Å². The van der Waals surface area contributed by atoms with Gasteiger partial charge in [0.1, 0.15) is 0 Å². The molecule has 0 saturated heterocycles. The van der Waals surface area contributed by atoms with E-state index >= 15 is 0 Å². The van der Waals surface area contributed by atoms with Gasteiger partial charge in [-0.2, -0.15) is 0 Å². The van der Waals surface area contributed by atoms with Crippen molar-refractivity contribution in [2.45, 2.75) is 102 Å².